The number of carbonyl (C=O) groups is 1. The lowest BCUT2D eigenvalue weighted by Crippen LogP contribution is -2.53. The molecule has 120 valence electrons. The zero-order valence-corrected chi connectivity index (χ0v) is 15.3. The Morgan fingerprint density at radius 1 is 1.12 bits per heavy atom. The van der Waals surface area contributed by atoms with E-state index in [-0.39, 0.29) is 11.9 Å². The number of nitrogens with zero attached hydrogens (tertiary/aromatic N) is 2. The molecule has 1 aliphatic heterocycles. The average molecular weight is 428 g/mol. The quantitative estimate of drug-likeness (QED) is 0.451. The molecule has 0 spiro atoms. The van der Waals surface area contributed by atoms with E-state index in [4.69, 9.17) is 0 Å². The van der Waals surface area contributed by atoms with Gasteiger partial charge in [0.25, 0.3) is 0 Å². The van der Waals surface area contributed by atoms with E-state index in [1.165, 1.54) is 9.13 Å². The van der Waals surface area contributed by atoms with E-state index in [9.17, 15) is 4.79 Å². The monoisotopic (exact) mass is 428 g/mol. The van der Waals surface area contributed by atoms with Gasteiger partial charge in [0.05, 0.1) is 11.2 Å². The smallest absolute Gasteiger partial charge is 0.229 e. The van der Waals surface area contributed by atoms with Crippen LogP contribution < -0.4 is 4.90 Å². The Morgan fingerprint density at radius 3 is 2.79 bits per heavy atom. The van der Waals surface area contributed by atoms with Gasteiger partial charge in [-0.25, -0.2) is 0 Å². The first-order chi connectivity index (χ1) is 11.7. The van der Waals surface area contributed by atoms with Gasteiger partial charge in [0.1, 0.15) is 0 Å². The molecule has 1 amide bonds. The van der Waals surface area contributed by atoms with Crippen LogP contribution in [0.1, 0.15) is 18.4 Å². The summed E-state index contributed by atoms with van der Waals surface area (Å²) in [6.07, 6.45) is 4.39. The number of anilines is 1. The number of aromatic nitrogens is 1. The Kier molecular flexibility index (Phi) is 4.22. The number of aryl methyl sites for hydroxylation is 1. The largest absolute Gasteiger partial charge is 0.307 e. The van der Waals surface area contributed by atoms with Gasteiger partial charge in [-0.15, -0.1) is 0 Å². The van der Waals surface area contributed by atoms with Crippen LogP contribution in [0, 0.1) is 3.57 Å². The van der Waals surface area contributed by atoms with Crippen LogP contribution in [-0.2, 0) is 11.2 Å². The molecule has 0 aliphatic carbocycles. The molecule has 1 unspecified atom stereocenters. The third kappa shape index (κ3) is 2.90. The Labute approximate surface area is 154 Å². The van der Waals surface area contributed by atoms with Crippen LogP contribution in [0.2, 0.25) is 0 Å². The second-order valence-electron chi connectivity index (χ2n) is 6.14. The highest BCUT2D eigenvalue weighted by Crippen LogP contribution is 2.34. The molecule has 1 fully saturated rings. The number of hydrogen-bond donors (Lipinski definition) is 0. The molecule has 3 nitrogen and oxygen atoms in total. The van der Waals surface area contributed by atoms with E-state index in [0.29, 0.717) is 6.42 Å². The number of para-hydroxylation sites is 1. The fraction of sp³-hybridized carbons (Fsp3) is 0.200. The van der Waals surface area contributed by atoms with Gasteiger partial charge in [-0.2, -0.15) is 0 Å². The zero-order valence-electron chi connectivity index (χ0n) is 13.2. The van der Waals surface area contributed by atoms with Crippen molar-refractivity contribution in [1.82, 2.24) is 4.98 Å². The van der Waals surface area contributed by atoms with Crippen molar-refractivity contribution in [3.05, 3.63) is 69.9 Å². The summed E-state index contributed by atoms with van der Waals surface area (Å²) in [6, 6.07) is 18.8. The number of pyridine rings is 1. The van der Waals surface area contributed by atoms with Crippen molar-refractivity contribution in [3.63, 3.8) is 0 Å². The molecule has 2 aromatic carbocycles. The van der Waals surface area contributed by atoms with Crippen LogP contribution >= 0.6 is 22.6 Å². The topological polar surface area (TPSA) is 33.2 Å². The second kappa shape index (κ2) is 6.51. The van der Waals surface area contributed by atoms with Crippen molar-refractivity contribution in [2.24, 2.45) is 0 Å². The number of carbonyl (C=O) groups excluding carboxylic acids is 1. The number of fused-ring (bicyclic) bond motifs is 1. The van der Waals surface area contributed by atoms with E-state index < -0.39 is 0 Å². The molecule has 1 saturated heterocycles. The number of rotatable bonds is 4. The summed E-state index contributed by atoms with van der Waals surface area (Å²) < 4.78 is 1.25. The Balaban J connectivity index is 1.57. The lowest BCUT2D eigenvalue weighted by atomic mass is 9.93. The maximum Gasteiger partial charge on any atom is 0.229 e. The Hall–Kier alpha value is -1.95. The van der Waals surface area contributed by atoms with E-state index >= 15 is 0 Å². The summed E-state index contributed by atoms with van der Waals surface area (Å²) in [5.41, 5.74) is 3.18. The normalized spacial score (nSPS) is 17.1. The van der Waals surface area contributed by atoms with Crippen molar-refractivity contribution >= 4 is 45.1 Å². The number of halogens is 1. The van der Waals surface area contributed by atoms with Crippen molar-refractivity contribution in [2.45, 2.75) is 25.3 Å². The molecule has 0 radical (unpaired) electrons. The molecule has 0 bridgehead atoms. The highest BCUT2D eigenvalue weighted by molar-refractivity contribution is 14.1. The van der Waals surface area contributed by atoms with Gasteiger partial charge in [0, 0.05) is 27.6 Å². The number of amides is 1. The third-order valence-electron chi connectivity index (χ3n) is 4.57. The Morgan fingerprint density at radius 2 is 1.96 bits per heavy atom. The van der Waals surface area contributed by atoms with Crippen LogP contribution in [0.15, 0.2) is 60.8 Å². The molecule has 24 heavy (non-hydrogen) atoms. The van der Waals surface area contributed by atoms with Gasteiger partial charge in [-0.05, 0) is 65.3 Å². The van der Waals surface area contributed by atoms with E-state index in [0.717, 1.165) is 29.4 Å². The molecule has 0 N–H and O–H groups in total. The summed E-state index contributed by atoms with van der Waals surface area (Å²) >= 11 is 2.34. The zero-order chi connectivity index (χ0) is 16.5. The molecule has 4 rings (SSSR count). The maximum atomic E-state index is 12.2. The maximum absolute atomic E-state index is 12.2. The summed E-state index contributed by atoms with van der Waals surface area (Å²) in [5.74, 6) is 0.195. The van der Waals surface area contributed by atoms with Gasteiger partial charge in [0.2, 0.25) is 5.91 Å². The second-order valence-corrected chi connectivity index (χ2v) is 7.39. The lowest BCUT2D eigenvalue weighted by molar-refractivity contribution is -0.124. The number of hydrogen-bond acceptors (Lipinski definition) is 2. The molecule has 1 aliphatic rings. The summed E-state index contributed by atoms with van der Waals surface area (Å²) in [7, 11) is 0. The predicted molar refractivity (Wildman–Crippen MR) is 105 cm³/mol. The minimum absolute atomic E-state index is 0.195. The van der Waals surface area contributed by atoms with E-state index in [1.807, 2.05) is 35.2 Å². The Bertz CT molecular complexity index is 904. The van der Waals surface area contributed by atoms with Crippen molar-refractivity contribution in [3.8, 4) is 0 Å². The first kappa shape index (κ1) is 15.6. The van der Waals surface area contributed by atoms with Gasteiger partial charge in [0.15, 0.2) is 0 Å². The minimum atomic E-state index is 0.195. The van der Waals surface area contributed by atoms with Gasteiger partial charge < -0.3 is 4.90 Å². The standard InChI is InChI=1S/C20H17IN2O/c21-16-7-1-4-14(12-16)9-10-17-13-19(24)23(17)18-8-2-5-15-6-3-11-22-20(15)18/h1-8,11-12,17H,9-10,13H2. The molecular formula is C20H17IN2O. The lowest BCUT2D eigenvalue weighted by Gasteiger charge is -2.41. The molecule has 1 aromatic heterocycles. The van der Waals surface area contributed by atoms with Crippen LogP contribution in [0.5, 0.6) is 0 Å². The number of benzene rings is 2. The van der Waals surface area contributed by atoms with Gasteiger partial charge >= 0.3 is 0 Å². The fourth-order valence-corrected chi connectivity index (χ4v) is 3.96. The van der Waals surface area contributed by atoms with Crippen molar-refractivity contribution in [1.29, 1.82) is 0 Å². The van der Waals surface area contributed by atoms with Crippen LogP contribution in [-0.4, -0.2) is 16.9 Å². The van der Waals surface area contributed by atoms with Crippen LogP contribution in [0.25, 0.3) is 10.9 Å². The molecule has 1 atom stereocenters. The summed E-state index contributed by atoms with van der Waals surface area (Å²) in [5, 5.41) is 1.08. The van der Waals surface area contributed by atoms with Crippen LogP contribution in [0.4, 0.5) is 5.69 Å². The van der Waals surface area contributed by atoms with Crippen molar-refractivity contribution in [2.75, 3.05) is 4.90 Å². The average Bonchev–Trinajstić information content (AvgIpc) is 2.59. The molecular weight excluding hydrogens is 411 g/mol. The van der Waals surface area contributed by atoms with E-state index in [2.05, 4.69) is 51.8 Å². The fourth-order valence-electron chi connectivity index (χ4n) is 3.35. The predicted octanol–water partition coefficient (Wildman–Crippen LogP) is 4.58. The van der Waals surface area contributed by atoms with Crippen molar-refractivity contribution < 1.29 is 4.79 Å². The highest BCUT2D eigenvalue weighted by atomic mass is 127. The van der Waals surface area contributed by atoms with Gasteiger partial charge in [-0.3, -0.25) is 9.78 Å². The molecule has 2 heterocycles. The molecule has 4 heteroatoms. The summed E-state index contributed by atoms with van der Waals surface area (Å²) in [6.45, 7) is 0. The van der Waals surface area contributed by atoms with E-state index in [1.54, 1.807) is 6.20 Å². The van der Waals surface area contributed by atoms with Crippen LogP contribution in [0.3, 0.4) is 0 Å². The third-order valence-corrected chi connectivity index (χ3v) is 5.24. The SMILES string of the molecule is O=C1CC(CCc2cccc(I)c2)N1c1cccc2cccnc12. The molecule has 3 aromatic rings. The number of β-lactam (4-membered cyclic amide) rings is 1. The molecule has 0 saturated carbocycles. The summed E-state index contributed by atoms with van der Waals surface area (Å²) in [4.78, 5) is 18.7. The van der Waals surface area contributed by atoms with Gasteiger partial charge in [-0.1, -0.05) is 30.3 Å². The highest BCUT2D eigenvalue weighted by Gasteiger charge is 2.37. The minimum Gasteiger partial charge on any atom is -0.307 e. The first-order valence-corrected chi connectivity index (χ1v) is 9.20. The first-order valence-electron chi connectivity index (χ1n) is 8.12.